The molecular weight excluding hydrogens is 629 g/mol. The van der Waals surface area contributed by atoms with Crippen LogP contribution in [0.4, 0.5) is 34.1 Å². The van der Waals surface area contributed by atoms with E-state index >= 15 is 0 Å². The van der Waals surface area contributed by atoms with E-state index in [2.05, 4.69) is 228 Å². The first kappa shape index (κ1) is 31.1. The third-order valence-corrected chi connectivity index (χ3v) is 9.79. The molecule has 0 aromatic heterocycles. The molecule has 2 heteroatoms. The summed E-state index contributed by atoms with van der Waals surface area (Å²) in [4.78, 5) is 4.66. The van der Waals surface area contributed by atoms with E-state index in [0.717, 1.165) is 34.1 Å². The zero-order valence-electron chi connectivity index (χ0n) is 28.7. The average Bonchev–Trinajstić information content (AvgIpc) is 3.22. The van der Waals surface area contributed by atoms with Gasteiger partial charge in [-0.15, -0.1) is 0 Å². The van der Waals surface area contributed by atoms with Crippen LogP contribution in [-0.2, 0) is 0 Å². The van der Waals surface area contributed by atoms with Crippen molar-refractivity contribution in [2.45, 2.75) is 0 Å². The van der Waals surface area contributed by atoms with Gasteiger partial charge in [-0.3, -0.25) is 0 Å². The van der Waals surface area contributed by atoms with Gasteiger partial charge < -0.3 is 9.80 Å². The van der Waals surface area contributed by atoms with Gasteiger partial charge in [0.2, 0.25) is 0 Å². The maximum Gasteiger partial charge on any atom is 0.0468 e. The Balaban J connectivity index is 1.01. The van der Waals surface area contributed by atoms with E-state index in [1.54, 1.807) is 0 Å². The van der Waals surface area contributed by atoms with Gasteiger partial charge in [0.05, 0.1) is 0 Å². The van der Waals surface area contributed by atoms with Crippen molar-refractivity contribution in [2.75, 3.05) is 9.80 Å². The summed E-state index contributed by atoms with van der Waals surface area (Å²) in [5.74, 6) is 0. The summed E-state index contributed by atoms with van der Waals surface area (Å²) in [7, 11) is 0. The Bertz CT molecular complexity index is 2610. The number of hydrogen-bond acceptors (Lipinski definition) is 2. The van der Waals surface area contributed by atoms with Crippen LogP contribution in [-0.4, -0.2) is 0 Å². The molecule has 52 heavy (non-hydrogen) atoms. The second kappa shape index (κ2) is 13.8. The van der Waals surface area contributed by atoms with Gasteiger partial charge in [0.25, 0.3) is 0 Å². The van der Waals surface area contributed by atoms with Gasteiger partial charge in [-0.2, -0.15) is 0 Å². The Labute approximate surface area is 305 Å². The number of anilines is 6. The molecule has 0 bridgehead atoms. The van der Waals surface area contributed by atoms with Crippen molar-refractivity contribution in [3.8, 4) is 22.3 Å². The van der Waals surface area contributed by atoms with Crippen molar-refractivity contribution in [3.05, 3.63) is 218 Å². The maximum absolute atomic E-state index is 2.34. The van der Waals surface area contributed by atoms with Crippen molar-refractivity contribution in [1.29, 1.82) is 0 Å². The minimum absolute atomic E-state index is 1.12. The van der Waals surface area contributed by atoms with E-state index in [1.165, 1.54) is 43.8 Å². The standard InChI is InChI=1S/C50H36N2/c1-3-17-45(18-4-1)51(49-32-28-37-12-7-9-14-42(37)35-49)47-30-26-40(27-31-47)39-22-24-41(25-23-39)44-16-11-21-48(34-44)52(46-19-5-2-6-20-46)50-33-29-38-13-8-10-15-43(38)36-50/h1-36H. The minimum Gasteiger partial charge on any atom is -0.310 e. The van der Waals surface area contributed by atoms with E-state index in [-0.39, 0.29) is 0 Å². The molecule has 0 aliphatic heterocycles. The lowest BCUT2D eigenvalue weighted by Gasteiger charge is -2.26. The number of benzene rings is 9. The molecule has 0 unspecified atom stereocenters. The molecule has 0 saturated heterocycles. The number of nitrogens with zero attached hydrogens (tertiary/aromatic N) is 2. The Hall–Kier alpha value is -6.90. The molecule has 0 spiro atoms. The van der Waals surface area contributed by atoms with Crippen LogP contribution >= 0.6 is 0 Å². The van der Waals surface area contributed by atoms with E-state index < -0.39 is 0 Å². The number of rotatable bonds is 8. The highest BCUT2D eigenvalue weighted by Gasteiger charge is 2.15. The highest BCUT2D eigenvalue weighted by atomic mass is 15.1. The summed E-state index contributed by atoms with van der Waals surface area (Å²) < 4.78 is 0. The first-order valence-electron chi connectivity index (χ1n) is 17.8. The lowest BCUT2D eigenvalue weighted by atomic mass is 9.99. The third-order valence-electron chi connectivity index (χ3n) is 9.79. The van der Waals surface area contributed by atoms with Crippen LogP contribution in [0.5, 0.6) is 0 Å². The molecule has 2 nitrogen and oxygen atoms in total. The summed E-state index contributed by atoms with van der Waals surface area (Å²) in [5, 5.41) is 4.93. The number of para-hydroxylation sites is 2. The molecule has 9 aromatic rings. The van der Waals surface area contributed by atoms with Gasteiger partial charge in [-0.25, -0.2) is 0 Å². The van der Waals surface area contributed by atoms with Crippen molar-refractivity contribution in [3.63, 3.8) is 0 Å². The average molecular weight is 665 g/mol. The van der Waals surface area contributed by atoms with Crippen molar-refractivity contribution < 1.29 is 0 Å². The molecule has 9 aromatic carbocycles. The molecule has 0 fully saturated rings. The first-order chi connectivity index (χ1) is 25.8. The fourth-order valence-electron chi connectivity index (χ4n) is 7.16. The van der Waals surface area contributed by atoms with E-state index in [4.69, 9.17) is 0 Å². The zero-order valence-corrected chi connectivity index (χ0v) is 28.7. The lowest BCUT2D eigenvalue weighted by Crippen LogP contribution is -2.09. The van der Waals surface area contributed by atoms with Gasteiger partial charge >= 0.3 is 0 Å². The fourth-order valence-corrected chi connectivity index (χ4v) is 7.16. The van der Waals surface area contributed by atoms with E-state index in [1.807, 2.05) is 0 Å². The van der Waals surface area contributed by atoms with Crippen molar-refractivity contribution >= 4 is 55.7 Å². The quantitative estimate of drug-likeness (QED) is 0.159. The van der Waals surface area contributed by atoms with Crippen LogP contribution in [0.25, 0.3) is 43.8 Å². The third kappa shape index (κ3) is 6.19. The van der Waals surface area contributed by atoms with Crippen LogP contribution in [0, 0.1) is 0 Å². The molecule has 246 valence electrons. The molecule has 0 saturated carbocycles. The monoisotopic (exact) mass is 664 g/mol. The molecule has 0 aliphatic carbocycles. The second-order valence-electron chi connectivity index (χ2n) is 13.1. The zero-order chi connectivity index (χ0) is 34.7. The molecule has 0 amide bonds. The topological polar surface area (TPSA) is 6.48 Å². The van der Waals surface area contributed by atoms with Gasteiger partial charge in [-0.1, -0.05) is 146 Å². The van der Waals surface area contributed by atoms with Crippen LogP contribution in [0.15, 0.2) is 218 Å². The van der Waals surface area contributed by atoms with Gasteiger partial charge in [0, 0.05) is 34.1 Å². The molecular formula is C50H36N2. The summed E-state index contributed by atoms with van der Waals surface area (Å²) >= 11 is 0. The van der Waals surface area contributed by atoms with Crippen molar-refractivity contribution in [2.24, 2.45) is 0 Å². The van der Waals surface area contributed by atoms with Crippen LogP contribution in [0.2, 0.25) is 0 Å². The Morgan fingerprint density at radius 1 is 0.192 bits per heavy atom. The van der Waals surface area contributed by atoms with Gasteiger partial charge in [0.15, 0.2) is 0 Å². The van der Waals surface area contributed by atoms with Crippen LogP contribution < -0.4 is 9.80 Å². The van der Waals surface area contributed by atoms with Gasteiger partial charge in [0.1, 0.15) is 0 Å². The van der Waals surface area contributed by atoms with Crippen LogP contribution in [0.3, 0.4) is 0 Å². The van der Waals surface area contributed by atoms with E-state index in [0.29, 0.717) is 0 Å². The molecule has 0 heterocycles. The Morgan fingerprint density at radius 2 is 0.538 bits per heavy atom. The SMILES string of the molecule is c1ccc(N(c2ccc(-c3ccc(-c4cccc(N(c5ccccc5)c5ccc6ccccc6c5)c4)cc3)cc2)c2ccc3ccccc3c2)cc1. The Morgan fingerprint density at radius 3 is 1.06 bits per heavy atom. The van der Waals surface area contributed by atoms with E-state index in [9.17, 15) is 0 Å². The number of hydrogen-bond donors (Lipinski definition) is 0. The van der Waals surface area contributed by atoms with Crippen LogP contribution in [0.1, 0.15) is 0 Å². The summed E-state index contributed by atoms with van der Waals surface area (Å²) in [6, 6.07) is 78.3. The minimum atomic E-state index is 1.12. The lowest BCUT2D eigenvalue weighted by molar-refractivity contribution is 1.29. The first-order valence-corrected chi connectivity index (χ1v) is 17.8. The number of fused-ring (bicyclic) bond motifs is 2. The predicted molar refractivity (Wildman–Crippen MR) is 222 cm³/mol. The highest BCUT2D eigenvalue weighted by Crippen LogP contribution is 2.39. The summed E-state index contributed by atoms with van der Waals surface area (Å²) in [6.07, 6.45) is 0. The normalized spacial score (nSPS) is 11.1. The molecule has 9 rings (SSSR count). The second-order valence-corrected chi connectivity index (χ2v) is 13.1. The molecule has 0 N–H and O–H groups in total. The van der Waals surface area contributed by atoms with Crippen molar-refractivity contribution in [1.82, 2.24) is 0 Å². The Kier molecular flexibility index (Phi) is 8.24. The highest BCUT2D eigenvalue weighted by molar-refractivity contribution is 5.91. The maximum atomic E-state index is 2.34. The largest absolute Gasteiger partial charge is 0.310 e. The summed E-state index contributed by atoms with van der Waals surface area (Å²) in [6.45, 7) is 0. The summed E-state index contributed by atoms with van der Waals surface area (Å²) in [5.41, 5.74) is 11.5. The molecule has 0 atom stereocenters. The molecule has 0 aliphatic rings. The van der Waals surface area contributed by atoms with Gasteiger partial charge in [-0.05, 0) is 117 Å². The predicted octanol–water partition coefficient (Wildman–Crippen LogP) is 14.3. The molecule has 0 radical (unpaired) electrons. The fraction of sp³-hybridized carbons (Fsp3) is 0. The smallest absolute Gasteiger partial charge is 0.0468 e.